The van der Waals surface area contributed by atoms with Gasteiger partial charge in [0.15, 0.2) is 23.9 Å². The van der Waals surface area contributed by atoms with Gasteiger partial charge in [-0.25, -0.2) is 19.3 Å². The number of carbonyl (C=O) groups is 1. The number of ether oxygens (including phenoxy) is 4. The molecule has 1 aliphatic heterocycles. The maximum absolute atomic E-state index is 16.1. The van der Waals surface area contributed by atoms with E-state index in [1.165, 1.54) is 10.9 Å². The lowest BCUT2D eigenvalue weighted by Gasteiger charge is -2.37. The average Bonchev–Trinajstić information content (AvgIpc) is 3.72. The molecule has 0 saturated carbocycles. The summed E-state index contributed by atoms with van der Waals surface area (Å²) in [6.07, 6.45) is -4.65. The van der Waals surface area contributed by atoms with Gasteiger partial charge >= 0.3 is 0 Å². The quantitative estimate of drug-likeness (QED) is 0.138. The SMILES string of the molecule is COc1ccc(C(OC[C@H]2O[C@@H](n3cnc4c(N)nc(C(=O)c5ccccc5)nc43)[C@@H](F)[C@@H]2O)(c2ccccc2)c2ccc(OC)cc2)cc1. The van der Waals surface area contributed by atoms with Crippen molar-refractivity contribution in [1.29, 1.82) is 0 Å². The van der Waals surface area contributed by atoms with Crippen molar-refractivity contribution >= 4 is 22.8 Å². The molecular formula is C38H34FN5O6. The van der Waals surface area contributed by atoms with E-state index in [9.17, 15) is 9.90 Å². The molecule has 0 spiro atoms. The van der Waals surface area contributed by atoms with Gasteiger partial charge in [-0.3, -0.25) is 9.36 Å². The van der Waals surface area contributed by atoms with Crippen molar-refractivity contribution in [2.24, 2.45) is 0 Å². The first-order valence-corrected chi connectivity index (χ1v) is 15.9. The maximum Gasteiger partial charge on any atom is 0.230 e. The number of aliphatic hydroxyl groups is 1. The van der Waals surface area contributed by atoms with Gasteiger partial charge in [0.25, 0.3) is 0 Å². The Morgan fingerprint density at radius 1 is 0.860 bits per heavy atom. The number of methoxy groups -OCH3 is 2. The summed E-state index contributed by atoms with van der Waals surface area (Å²) in [6, 6.07) is 33.0. The van der Waals surface area contributed by atoms with Crippen LogP contribution in [0.2, 0.25) is 0 Å². The van der Waals surface area contributed by atoms with Crippen LogP contribution in [-0.2, 0) is 15.1 Å². The Morgan fingerprint density at radius 3 is 2.00 bits per heavy atom. The number of anilines is 1. The Morgan fingerprint density at radius 2 is 1.42 bits per heavy atom. The number of aromatic nitrogens is 4. The second kappa shape index (κ2) is 13.7. The van der Waals surface area contributed by atoms with E-state index in [-0.39, 0.29) is 29.4 Å². The molecule has 0 amide bonds. The standard InChI is InChI=1S/C38H34FN5O6/c1-47-27-17-13-25(14-18-27)38(24-11-7-4-8-12-24,26-15-19-28(48-2)20-16-26)49-21-29-33(46)30(39)37(50-29)44-22-41-31-34(40)42-35(43-36(31)44)32(45)23-9-5-3-6-10-23/h3-20,22,29-30,33,37,46H,21H2,1-2H3,(H2,40,42,43)/t29-,30+,33-,37-/m1/s1. The van der Waals surface area contributed by atoms with Gasteiger partial charge in [0.05, 0.1) is 27.2 Å². The maximum atomic E-state index is 16.1. The van der Waals surface area contributed by atoms with Gasteiger partial charge in [-0.05, 0) is 41.0 Å². The number of alkyl halides is 1. The Labute approximate surface area is 287 Å². The van der Waals surface area contributed by atoms with Crippen LogP contribution >= 0.6 is 0 Å². The van der Waals surface area contributed by atoms with E-state index in [0.29, 0.717) is 17.1 Å². The Hall–Kier alpha value is -5.69. The fourth-order valence-electron chi connectivity index (χ4n) is 6.29. The minimum Gasteiger partial charge on any atom is -0.497 e. The number of halogens is 1. The number of benzene rings is 4. The average molecular weight is 676 g/mol. The first-order chi connectivity index (χ1) is 24.3. The number of nitrogens with two attached hydrogens (primary N) is 1. The molecule has 254 valence electrons. The van der Waals surface area contributed by atoms with Crippen molar-refractivity contribution in [3.63, 3.8) is 0 Å². The van der Waals surface area contributed by atoms with Gasteiger partial charge in [-0.15, -0.1) is 0 Å². The van der Waals surface area contributed by atoms with Gasteiger partial charge in [-0.1, -0.05) is 84.9 Å². The second-order valence-electron chi connectivity index (χ2n) is 11.8. The molecule has 50 heavy (non-hydrogen) atoms. The summed E-state index contributed by atoms with van der Waals surface area (Å²) >= 11 is 0. The summed E-state index contributed by atoms with van der Waals surface area (Å²) in [5, 5.41) is 11.2. The first-order valence-electron chi connectivity index (χ1n) is 15.9. The van der Waals surface area contributed by atoms with Crippen molar-refractivity contribution in [2.45, 2.75) is 30.2 Å². The molecule has 2 aromatic heterocycles. The molecule has 6 aromatic rings. The molecule has 3 N–H and O–H groups in total. The number of rotatable bonds is 11. The molecular weight excluding hydrogens is 641 g/mol. The van der Waals surface area contributed by atoms with Crippen LogP contribution in [0.4, 0.5) is 10.2 Å². The van der Waals surface area contributed by atoms with Crippen molar-refractivity contribution in [3.8, 4) is 11.5 Å². The molecule has 3 heterocycles. The van der Waals surface area contributed by atoms with Crippen LogP contribution in [0.25, 0.3) is 11.2 Å². The Kier molecular flexibility index (Phi) is 8.98. The summed E-state index contributed by atoms with van der Waals surface area (Å²) in [5.41, 5.74) is 7.89. The molecule has 1 saturated heterocycles. The summed E-state index contributed by atoms with van der Waals surface area (Å²) in [7, 11) is 3.18. The zero-order chi connectivity index (χ0) is 34.8. The summed E-state index contributed by atoms with van der Waals surface area (Å²) in [6.45, 7) is -0.216. The third-order valence-electron chi connectivity index (χ3n) is 8.89. The number of fused-ring (bicyclic) bond motifs is 1. The topological polar surface area (TPSA) is 144 Å². The molecule has 0 unspecified atom stereocenters. The number of nitrogen functional groups attached to an aromatic ring is 1. The molecule has 12 heteroatoms. The van der Waals surface area contributed by atoms with Crippen LogP contribution in [-0.4, -0.2) is 69.6 Å². The summed E-state index contributed by atoms with van der Waals surface area (Å²) in [4.78, 5) is 26.0. The first kappa shape index (κ1) is 32.8. The number of ketones is 1. The van der Waals surface area contributed by atoms with Crippen LogP contribution in [0.1, 0.15) is 39.1 Å². The summed E-state index contributed by atoms with van der Waals surface area (Å²) < 4.78 is 41.3. The van der Waals surface area contributed by atoms with Crippen LogP contribution in [0.5, 0.6) is 11.5 Å². The number of nitrogens with zero attached hydrogens (tertiary/aromatic N) is 4. The summed E-state index contributed by atoms with van der Waals surface area (Å²) in [5.74, 6) is 0.635. The normalized spacial score (nSPS) is 19.0. The molecule has 7 rings (SSSR count). The monoisotopic (exact) mass is 675 g/mol. The lowest BCUT2D eigenvalue weighted by molar-refractivity contribution is -0.0935. The number of aliphatic hydroxyl groups excluding tert-OH is 1. The molecule has 1 aliphatic rings. The van der Waals surface area contributed by atoms with Gasteiger partial charge in [0.1, 0.15) is 34.8 Å². The number of hydrogen-bond acceptors (Lipinski definition) is 10. The minimum atomic E-state index is -1.90. The number of hydrogen-bond donors (Lipinski definition) is 2. The van der Waals surface area contributed by atoms with Gasteiger partial charge in [0, 0.05) is 5.56 Å². The smallest absolute Gasteiger partial charge is 0.230 e. The molecule has 1 fully saturated rings. The van der Waals surface area contributed by atoms with E-state index in [2.05, 4.69) is 15.0 Å². The molecule has 11 nitrogen and oxygen atoms in total. The van der Waals surface area contributed by atoms with Crippen molar-refractivity contribution < 1.29 is 33.2 Å². The van der Waals surface area contributed by atoms with E-state index < -0.39 is 36.0 Å². The Bertz CT molecular complexity index is 2050. The van der Waals surface area contributed by atoms with E-state index in [1.807, 2.05) is 78.9 Å². The van der Waals surface area contributed by atoms with Crippen LogP contribution in [0.15, 0.2) is 116 Å². The van der Waals surface area contributed by atoms with Gasteiger partial charge < -0.3 is 29.8 Å². The lowest BCUT2D eigenvalue weighted by atomic mass is 9.80. The highest BCUT2D eigenvalue weighted by Gasteiger charge is 2.48. The molecule has 0 radical (unpaired) electrons. The second-order valence-corrected chi connectivity index (χ2v) is 11.8. The van der Waals surface area contributed by atoms with Crippen molar-refractivity contribution in [3.05, 3.63) is 144 Å². The van der Waals surface area contributed by atoms with Crippen molar-refractivity contribution in [2.75, 3.05) is 26.6 Å². The van der Waals surface area contributed by atoms with Crippen molar-refractivity contribution in [1.82, 2.24) is 19.5 Å². The highest BCUT2D eigenvalue weighted by atomic mass is 19.1. The number of carbonyl (C=O) groups excluding carboxylic acids is 1. The third-order valence-corrected chi connectivity index (χ3v) is 8.89. The highest BCUT2D eigenvalue weighted by molar-refractivity contribution is 6.07. The van der Waals surface area contributed by atoms with Crippen LogP contribution < -0.4 is 15.2 Å². The fraction of sp³-hybridized carbons (Fsp3) is 0.211. The fourth-order valence-corrected chi connectivity index (χ4v) is 6.29. The largest absolute Gasteiger partial charge is 0.497 e. The zero-order valence-corrected chi connectivity index (χ0v) is 27.2. The van der Waals surface area contributed by atoms with Crippen LogP contribution in [0.3, 0.4) is 0 Å². The van der Waals surface area contributed by atoms with Crippen LogP contribution in [0, 0.1) is 0 Å². The molecule has 0 aliphatic carbocycles. The van der Waals surface area contributed by atoms with Gasteiger partial charge in [-0.2, -0.15) is 0 Å². The van der Waals surface area contributed by atoms with E-state index in [0.717, 1.165) is 16.7 Å². The van der Waals surface area contributed by atoms with E-state index in [4.69, 9.17) is 24.7 Å². The lowest BCUT2D eigenvalue weighted by Crippen LogP contribution is -2.39. The predicted molar refractivity (Wildman–Crippen MR) is 183 cm³/mol. The molecule has 0 bridgehead atoms. The molecule has 4 aromatic carbocycles. The highest BCUT2D eigenvalue weighted by Crippen LogP contribution is 2.43. The number of imidazole rings is 1. The third kappa shape index (κ3) is 5.83. The van der Waals surface area contributed by atoms with E-state index in [1.54, 1.807) is 44.6 Å². The molecule has 4 atom stereocenters. The van der Waals surface area contributed by atoms with E-state index >= 15 is 4.39 Å². The van der Waals surface area contributed by atoms with Gasteiger partial charge in [0.2, 0.25) is 11.6 Å². The zero-order valence-electron chi connectivity index (χ0n) is 27.2. The predicted octanol–water partition coefficient (Wildman–Crippen LogP) is 5.26. The minimum absolute atomic E-state index is 0.0477. The Balaban J connectivity index is 1.24.